The third-order valence-corrected chi connectivity index (χ3v) is 4.49. The van der Waals surface area contributed by atoms with Crippen molar-refractivity contribution >= 4 is 5.91 Å². The monoisotopic (exact) mass is 342 g/mol. The average molecular weight is 342 g/mol. The van der Waals surface area contributed by atoms with Crippen LogP contribution in [0.3, 0.4) is 0 Å². The molecular weight excluding hydrogens is 319 g/mol. The van der Waals surface area contributed by atoms with E-state index in [1.807, 2.05) is 30.3 Å². The summed E-state index contributed by atoms with van der Waals surface area (Å²) >= 11 is 0. The predicted octanol–water partition coefficient (Wildman–Crippen LogP) is 2.86. The van der Waals surface area contributed by atoms with Crippen LogP contribution >= 0.6 is 0 Å². The normalized spacial score (nSPS) is 19.8. The lowest BCUT2D eigenvalue weighted by Gasteiger charge is -2.26. The first-order valence-electron chi connectivity index (χ1n) is 8.59. The SMILES string of the molecule is NC[C@H]1CC[C@@H](C(=O)N(Cc2ccccc2)Cc2ccccc2F)O1. The van der Waals surface area contributed by atoms with E-state index in [9.17, 15) is 9.18 Å². The van der Waals surface area contributed by atoms with Crippen LogP contribution in [0.2, 0.25) is 0 Å². The first-order chi connectivity index (χ1) is 12.2. The molecule has 4 nitrogen and oxygen atoms in total. The Kier molecular flexibility index (Phi) is 5.79. The number of rotatable bonds is 6. The molecule has 1 aliphatic rings. The fourth-order valence-electron chi connectivity index (χ4n) is 3.11. The van der Waals surface area contributed by atoms with E-state index in [0.717, 1.165) is 12.0 Å². The minimum atomic E-state index is -0.496. The number of nitrogens with two attached hydrogens (primary N) is 1. The first-order valence-corrected chi connectivity index (χ1v) is 8.59. The standard InChI is InChI=1S/C20H23FN2O2/c21-18-9-5-4-8-16(18)14-23(13-15-6-2-1-3-7-15)20(24)19-11-10-17(12-22)25-19/h1-9,17,19H,10-14,22H2/t17-,19+/m1/s1. The van der Waals surface area contributed by atoms with Gasteiger partial charge in [-0.25, -0.2) is 4.39 Å². The zero-order valence-electron chi connectivity index (χ0n) is 14.1. The molecule has 0 saturated carbocycles. The van der Waals surface area contributed by atoms with Gasteiger partial charge in [-0.15, -0.1) is 0 Å². The summed E-state index contributed by atoms with van der Waals surface area (Å²) in [5.74, 6) is -0.413. The molecule has 0 radical (unpaired) electrons. The number of hydrogen-bond donors (Lipinski definition) is 1. The van der Waals surface area contributed by atoms with Gasteiger partial charge in [0.25, 0.3) is 5.91 Å². The maximum absolute atomic E-state index is 14.1. The Labute approximate surface area is 147 Å². The van der Waals surface area contributed by atoms with Crippen molar-refractivity contribution in [3.63, 3.8) is 0 Å². The zero-order chi connectivity index (χ0) is 17.6. The molecule has 2 N–H and O–H groups in total. The van der Waals surface area contributed by atoms with Crippen molar-refractivity contribution in [1.82, 2.24) is 4.90 Å². The van der Waals surface area contributed by atoms with Gasteiger partial charge in [-0.2, -0.15) is 0 Å². The molecule has 0 spiro atoms. The molecule has 2 aromatic carbocycles. The van der Waals surface area contributed by atoms with Crippen molar-refractivity contribution in [1.29, 1.82) is 0 Å². The lowest BCUT2D eigenvalue weighted by atomic mass is 10.1. The van der Waals surface area contributed by atoms with E-state index in [1.54, 1.807) is 23.1 Å². The second-order valence-electron chi connectivity index (χ2n) is 6.33. The molecule has 2 atom stereocenters. The third kappa shape index (κ3) is 4.44. The van der Waals surface area contributed by atoms with E-state index in [0.29, 0.717) is 25.1 Å². The van der Waals surface area contributed by atoms with E-state index in [2.05, 4.69) is 0 Å². The summed E-state index contributed by atoms with van der Waals surface area (Å²) in [5.41, 5.74) is 7.14. The molecule has 5 heteroatoms. The minimum absolute atomic E-state index is 0.0685. The van der Waals surface area contributed by atoms with Crippen LogP contribution in [0.1, 0.15) is 24.0 Å². The molecular formula is C20H23FN2O2. The Bertz CT molecular complexity index is 708. The number of halogens is 1. The van der Waals surface area contributed by atoms with Crippen molar-refractivity contribution in [2.24, 2.45) is 5.73 Å². The Hall–Kier alpha value is -2.24. The number of amides is 1. The van der Waals surface area contributed by atoms with Crippen LogP contribution < -0.4 is 5.73 Å². The van der Waals surface area contributed by atoms with Gasteiger partial charge in [-0.05, 0) is 24.5 Å². The molecule has 2 aromatic rings. The Morgan fingerprint density at radius 3 is 2.48 bits per heavy atom. The van der Waals surface area contributed by atoms with Gasteiger partial charge in [0.05, 0.1) is 6.10 Å². The van der Waals surface area contributed by atoms with Crippen molar-refractivity contribution in [2.75, 3.05) is 6.54 Å². The van der Waals surface area contributed by atoms with Gasteiger partial charge in [0.2, 0.25) is 0 Å². The summed E-state index contributed by atoms with van der Waals surface area (Å²) < 4.78 is 19.8. The molecule has 132 valence electrons. The smallest absolute Gasteiger partial charge is 0.252 e. The minimum Gasteiger partial charge on any atom is -0.364 e. The summed E-state index contributed by atoms with van der Waals surface area (Å²) in [6, 6.07) is 16.2. The van der Waals surface area contributed by atoms with Crippen LogP contribution in [0.4, 0.5) is 4.39 Å². The fourth-order valence-corrected chi connectivity index (χ4v) is 3.11. The van der Waals surface area contributed by atoms with Crippen molar-refractivity contribution < 1.29 is 13.9 Å². The number of nitrogens with zero attached hydrogens (tertiary/aromatic N) is 1. The number of carbonyl (C=O) groups is 1. The van der Waals surface area contributed by atoms with Gasteiger partial charge < -0.3 is 15.4 Å². The van der Waals surface area contributed by atoms with Crippen molar-refractivity contribution in [3.05, 3.63) is 71.5 Å². The quantitative estimate of drug-likeness (QED) is 0.878. The molecule has 0 bridgehead atoms. The Balaban J connectivity index is 1.78. The lowest BCUT2D eigenvalue weighted by molar-refractivity contribution is -0.144. The number of hydrogen-bond acceptors (Lipinski definition) is 3. The second kappa shape index (κ2) is 8.23. The predicted molar refractivity (Wildman–Crippen MR) is 94.0 cm³/mol. The third-order valence-electron chi connectivity index (χ3n) is 4.49. The highest BCUT2D eigenvalue weighted by atomic mass is 19.1. The summed E-state index contributed by atoms with van der Waals surface area (Å²) in [5, 5.41) is 0. The second-order valence-corrected chi connectivity index (χ2v) is 6.33. The van der Waals surface area contributed by atoms with Crippen LogP contribution in [0.15, 0.2) is 54.6 Å². The van der Waals surface area contributed by atoms with E-state index in [4.69, 9.17) is 10.5 Å². The van der Waals surface area contributed by atoms with Crippen LogP contribution in [-0.4, -0.2) is 29.6 Å². The molecule has 0 aliphatic carbocycles. The molecule has 1 saturated heterocycles. The van der Waals surface area contributed by atoms with Crippen molar-refractivity contribution in [2.45, 2.75) is 38.1 Å². The molecule has 1 heterocycles. The molecule has 3 rings (SSSR count). The maximum Gasteiger partial charge on any atom is 0.252 e. The topological polar surface area (TPSA) is 55.6 Å². The summed E-state index contributed by atoms with van der Waals surface area (Å²) in [4.78, 5) is 14.6. The van der Waals surface area contributed by atoms with Gasteiger partial charge >= 0.3 is 0 Å². The van der Waals surface area contributed by atoms with E-state index >= 15 is 0 Å². The molecule has 0 aromatic heterocycles. The largest absolute Gasteiger partial charge is 0.364 e. The van der Waals surface area contributed by atoms with Crippen LogP contribution in [0.5, 0.6) is 0 Å². The molecule has 1 aliphatic heterocycles. The molecule has 25 heavy (non-hydrogen) atoms. The lowest BCUT2D eigenvalue weighted by Crippen LogP contribution is -2.39. The highest BCUT2D eigenvalue weighted by molar-refractivity contribution is 5.81. The highest BCUT2D eigenvalue weighted by Gasteiger charge is 2.33. The summed E-state index contributed by atoms with van der Waals surface area (Å²) in [7, 11) is 0. The Morgan fingerprint density at radius 2 is 1.80 bits per heavy atom. The van der Waals surface area contributed by atoms with Crippen LogP contribution in [0.25, 0.3) is 0 Å². The van der Waals surface area contributed by atoms with Crippen molar-refractivity contribution in [3.8, 4) is 0 Å². The fraction of sp³-hybridized carbons (Fsp3) is 0.350. The van der Waals surface area contributed by atoms with Gasteiger partial charge in [0.1, 0.15) is 11.9 Å². The molecule has 1 fully saturated rings. The maximum atomic E-state index is 14.1. The first kappa shape index (κ1) is 17.6. The number of ether oxygens (including phenoxy) is 1. The average Bonchev–Trinajstić information content (AvgIpc) is 3.12. The number of carbonyl (C=O) groups excluding carboxylic acids is 1. The highest BCUT2D eigenvalue weighted by Crippen LogP contribution is 2.23. The van der Waals surface area contributed by atoms with Crippen LogP contribution in [0, 0.1) is 5.82 Å². The van der Waals surface area contributed by atoms with E-state index < -0.39 is 6.10 Å². The molecule has 0 unspecified atom stereocenters. The molecule has 1 amide bonds. The number of benzene rings is 2. The van der Waals surface area contributed by atoms with Crippen LogP contribution in [-0.2, 0) is 22.6 Å². The van der Waals surface area contributed by atoms with Gasteiger partial charge in [-0.1, -0.05) is 48.5 Å². The Morgan fingerprint density at radius 1 is 1.08 bits per heavy atom. The summed E-state index contributed by atoms with van der Waals surface area (Å²) in [6.45, 7) is 1.05. The van der Waals surface area contributed by atoms with Gasteiger partial charge in [0.15, 0.2) is 0 Å². The van der Waals surface area contributed by atoms with Gasteiger partial charge in [0, 0.05) is 25.2 Å². The van der Waals surface area contributed by atoms with E-state index in [-0.39, 0.29) is 24.4 Å². The van der Waals surface area contributed by atoms with Gasteiger partial charge in [-0.3, -0.25) is 4.79 Å². The zero-order valence-corrected chi connectivity index (χ0v) is 14.1. The van der Waals surface area contributed by atoms with E-state index in [1.165, 1.54) is 6.07 Å². The summed E-state index contributed by atoms with van der Waals surface area (Å²) in [6.07, 6.45) is 0.875.